The number of nitriles is 1. The summed E-state index contributed by atoms with van der Waals surface area (Å²) in [6.45, 7) is 0. The standard InChI is InChI=1S/C7H4ClN3/c8-11-10-7-4-2-1-3-6(7)5-9/h1-4H. The van der Waals surface area contributed by atoms with Crippen molar-refractivity contribution in [1.29, 1.82) is 5.26 Å². The summed E-state index contributed by atoms with van der Waals surface area (Å²) in [6.07, 6.45) is 0. The van der Waals surface area contributed by atoms with Crippen LogP contribution in [-0.4, -0.2) is 0 Å². The minimum atomic E-state index is 0.469. The predicted molar refractivity (Wildman–Crippen MR) is 41.5 cm³/mol. The smallest absolute Gasteiger partial charge is 0.105 e. The number of hydrogen-bond donors (Lipinski definition) is 0. The molecular formula is C7H4ClN3. The van der Waals surface area contributed by atoms with E-state index in [2.05, 4.69) is 9.75 Å². The summed E-state index contributed by atoms with van der Waals surface area (Å²) in [6, 6.07) is 8.81. The molecule has 4 heteroatoms. The van der Waals surface area contributed by atoms with Crippen molar-refractivity contribution in [2.45, 2.75) is 0 Å². The van der Waals surface area contributed by atoms with Crippen LogP contribution in [0.3, 0.4) is 0 Å². The van der Waals surface area contributed by atoms with Crippen molar-refractivity contribution in [2.75, 3.05) is 0 Å². The van der Waals surface area contributed by atoms with Gasteiger partial charge in [0, 0.05) is 0 Å². The quantitative estimate of drug-likeness (QED) is 0.591. The molecule has 0 atom stereocenters. The highest BCUT2D eigenvalue weighted by Crippen LogP contribution is 2.17. The van der Waals surface area contributed by atoms with Crippen molar-refractivity contribution >= 4 is 17.5 Å². The van der Waals surface area contributed by atoms with Crippen LogP contribution in [0.1, 0.15) is 5.56 Å². The van der Waals surface area contributed by atoms with Crippen LogP contribution in [0.15, 0.2) is 34.0 Å². The van der Waals surface area contributed by atoms with Gasteiger partial charge in [-0.1, -0.05) is 16.8 Å². The molecule has 54 valence electrons. The summed E-state index contributed by atoms with van der Waals surface area (Å²) in [5.74, 6) is 0. The third kappa shape index (κ3) is 1.76. The molecule has 0 radical (unpaired) electrons. The molecular weight excluding hydrogens is 162 g/mol. The van der Waals surface area contributed by atoms with Gasteiger partial charge in [0.2, 0.25) is 0 Å². The summed E-state index contributed by atoms with van der Waals surface area (Å²) in [5, 5.41) is 12.1. The highest BCUT2D eigenvalue weighted by molar-refractivity contribution is 6.14. The molecule has 0 spiro atoms. The fraction of sp³-hybridized carbons (Fsp3) is 0. The van der Waals surface area contributed by atoms with Gasteiger partial charge in [0.05, 0.1) is 17.3 Å². The van der Waals surface area contributed by atoms with Crippen LogP contribution in [-0.2, 0) is 0 Å². The number of benzene rings is 1. The van der Waals surface area contributed by atoms with Crippen LogP contribution in [0.4, 0.5) is 5.69 Å². The molecule has 0 bridgehead atoms. The summed E-state index contributed by atoms with van der Waals surface area (Å²) >= 11 is 5.01. The van der Waals surface area contributed by atoms with E-state index in [4.69, 9.17) is 17.0 Å². The second-order valence-electron chi connectivity index (χ2n) is 1.80. The van der Waals surface area contributed by atoms with Crippen LogP contribution in [0.2, 0.25) is 0 Å². The highest BCUT2D eigenvalue weighted by atomic mass is 35.5. The van der Waals surface area contributed by atoms with Crippen LogP contribution in [0.5, 0.6) is 0 Å². The first-order valence-electron chi connectivity index (χ1n) is 2.89. The Labute approximate surface area is 69.1 Å². The molecule has 1 rings (SSSR count). The molecule has 0 aliphatic rings. The Hall–Kier alpha value is -1.40. The minimum Gasteiger partial charge on any atom is -0.192 e. The lowest BCUT2D eigenvalue weighted by Crippen LogP contribution is -1.72. The molecule has 3 nitrogen and oxygen atoms in total. The molecule has 0 heterocycles. The molecule has 1 aromatic rings. The lowest BCUT2D eigenvalue weighted by Gasteiger charge is -1.91. The van der Waals surface area contributed by atoms with Crippen molar-refractivity contribution in [2.24, 2.45) is 9.75 Å². The summed E-state index contributed by atoms with van der Waals surface area (Å²) in [5.41, 5.74) is 0.960. The SMILES string of the molecule is N#Cc1ccccc1N=NCl. The Morgan fingerprint density at radius 3 is 2.73 bits per heavy atom. The monoisotopic (exact) mass is 165 g/mol. The van der Waals surface area contributed by atoms with Gasteiger partial charge in [-0.25, -0.2) is 0 Å². The van der Waals surface area contributed by atoms with Gasteiger partial charge in [-0.2, -0.15) is 5.26 Å². The summed E-state index contributed by atoms with van der Waals surface area (Å²) in [7, 11) is 0. The van der Waals surface area contributed by atoms with Crippen molar-refractivity contribution in [1.82, 2.24) is 0 Å². The number of hydrogen-bond acceptors (Lipinski definition) is 3. The molecule has 0 amide bonds. The molecule has 0 aromatic heterocycles. The molecule has 1 aromatic carbocycles. The molecule has 0 fully saturated rings. The first-order chi connectivity index (χ1) is 5.38. The predicted octanol–water partition coefficient (Wildman–Crippen LogP) is 2.80. The maximum Gasteiger partial charge on any atom is 0.105 e. The number of rotatable bonds is 1. The largest absolute Gasteiger partial charge is 0.192 e. The minimum absolute atomic E-state index is 0.469. The first-order valence-corrected chi connectivity index (χ1v) is 3.23. The second-order valence-corrected chi connectivity index (χ2v) is 1.96. The van der Waals surface area contributed by atoms with E-state index in [9.17, 15) is 0 Å². The Kier molecular flexibility index (Phi) is 2.59. The molecule has 0 saturated heterocycles. The van der Waals surface area contributed by atoms with Crippen LogP contribution >= 0.6 is 11.8 Å². The fourth-order valence-corrected chi connectivity index (χ4v) is 0.778. The summed E-state index contributed by atoms with van der Waals surface area (Å²) in [4.78, 5) is 0. The lowest BCUT2D eigenvalue weighted by molar-refractivity contribution is 1.31. The van der Waals surface area contributed by atoms with E-state index in [0.717, 1.165) is 0 Å². The molecule has 0 N–H and O–H groups in total. The van der Waals surface area contributed by atoms with Crippen molar-refractivity contribution < 1.29 is 0 Å². The Bertz CT molecular complexity index is 314. The third-order valence-electron chi connectivity index (χ3n) is 1.17. The average Bonchev–Trinajstić information content (AvgIpc) is 2.06. The van der Waals surface area contributed by atoms with Crippen LogP contribution in [0.25, 0.3) is 0 Å². The average molecular weight is 166 g/mol. The number of halogens is 1. The zero-order valence-corrected chi connectivity index (χ0v) is 6.28. The van der Waals surface area contributed by atoms with Gasteiger partial charge in [-0.05, 0) is 12.1 Å². The summed E-state index contributed by atoms with van der Waals surface area (Å²) < 4.78 is 3.06. The van der Waals surface area contributed by atoms with Gasteiger partial charge >= 0.3 is 0 Å². The van der Waals surface area contributed by atoms with E-state index < -0.39 is 0 Å². The third-order valence-corrected chi connectivity index (χ3v) is 1.25. The van der Waals surface area contributed by atoms with E-state index in [0.29, 0.717) is 11.3 Å². The van der Waals surface area contributed by atoms with Crippen LogP contribution in [0, 0.1) is 11.3 Å². The van der Waals surface area contributed by atoms with Gasteiger partial charge in [0.25, 0.3) is 0 Å². The second kappa shape index (κ2) is 3.69. The normalized spacial score (nSPS) is 9.82. The van der Waals surface area contributed by atoms with Crippen LogP contribution < -0.4 is 0 Å². The molecule has 0 aliphatic carbocycles. The molecule has 11 heavy (non-hydrogen) atoms. The Morgan fingerprint density at radius 2 is 2.09 bits per heavy atom. The molecule has 0 unspecified atom stereocenters. The van der Waals surface area contributed by atoms with Crippen molar-refractivity contribution in [3.05, 3.63) is 29.8 Å². The number of nitrogens with zero attached hydrogens (tertiary/aromatic N) is 3. The maximum atomic E-state index is 8.55. The van der Waals surface area contributed by atoms with Gasteiger partial charge in [0.1, 0.15) is 11.8 Å². The van der Waals surface area contributed by atoms with E-state index in [1.807, 2.05) is 6.07 Å². The Morgan fingerprint density at radius 1 is 1.36 bits per heavy atom. The van der Waals surface area contributed by atoms with Crippen molar-refractivity contribution in [3.8, 4) is 6.07 Å². The first kappa shape index (κ1) is 7.70. The zero-order valence-electron chi connectivity index (χ0n) is 5.53. The van der Waals surface area contributed by atoms with Gasteiger partial charge < -0.3 is 0 Å². The van der Waals surface area contributed by atoms with E-state index in [1.165, 1.54) is 0 Å². The molecule has 0 aliphatic heterocycles. The van der Waals surface area contributed by atoms with Crippen molar-refractivity contribution in [3.63, 3.8) is 0 Å². The fourth-order valence-electron chi connectivity index (χ4n) is 0.696. The van der Waals surface area contributed by atoms with E-state index >= 15 is 0 Å². The van der Waals surface area contributed by atoms with Gasteiger partial charge in [-0.15, -0.1) is 5.11 Å². The van der Waals surface area contributed by atoms with Gasteiger partial charge in [-0.3, -0.25) is 0 Å². The van der Waals surface area contributed by atoms with E-state index in [-0.39, 0.29) is 0 Å². The van der Waals surface area contributed by atoms with E-state index in [1.54, 1.807) is 24.3 Å². The van der Waals surface area contributed by atoms with Gasteiger partial charge in [0.15, 0.2) is 0 Å². The molecule has 0 saturated carbocycles. The zero-order chi connectivity index (χ0) is 8.10. The Balaban J connectivity index is 3.15. The maximum absolute atomic E-state index is 8.55. The lowest BCUT2D eigenvalue weighted by atomic mass is 10.2. The topological polar surface area (TPSA) is 48.5 Å². The highest BCUT2D eigenvalue weighted by Gasteiger charge is 1.96.